The number of pyridine rings is 1. The molecule has 0 bridgehead atoms. The summed E-state index contributed by atoms with van der Waals surface area (Å²) < 4.78 is 54.1. The fourth-order valence-electron chi connectivity index (χ4n) is 4.63. The summed E-state index contributed by atoms with van der Waals surface area (Å²) in [6.45, 7) is 4.80. The van der Waals surface area contributed by atoms with Crippen molar-refractivity contribution in [2.45, 2.75) is 44.0 Å². The summed E-state index contributed by atoms with van der Waals surface area (Å²) in [6, 6.07) is 13.4. The molecular weight excluding hydrogens is 508 g/mol. The molecule has 10 heteroatoms. The lowest BCUT2D eigenvalue weighted by Gasteiger charge is -2.26. The van der Waals surface area contributed by atoms with Crippen LogP contribution in [-0.2, 0) is 21.3 Å². The predicted molar refractivity (Wildman–Crippen MR) is 145 cm³/mol. The highest BCUT2D eigenvalue weighted by atomic mass is 32.2. The molecule has 2 aromatic carbocycles. The third-order valence-electron chi connectivity index (χ3n) is 6.60. The maximum atomic E-state index is 15.0. The van der Waals surface area contributed by atoms with Crippen molar-refractivity contribution < 1.29 is 17.2 Å². The van der Waals surface area contributed by atoms with Crippen LogP contribution >= 0.6 is 0 Å². The second-order valence-corrected chi connectivity index (χ2v) is 12.0. The minimum absolute atomic E-state index is 0.106. The van der Waals surface area contributed by atoms with Crippen LogP contribution in [0.15, 0.2) is 54.7 Å². The van der Waals surface area contributed by atoms with Crippen molar-refractivity contribution in [2.75, 3.05) is 18.4 Å². The molecule has 198 valence electrons. The van der Waals surface area contributed by atoms with Gasteiger partial charge in [0.1, 0.15) is 17.5 Å². The molecule has 5 rings (SSSR count). The van der Waals surface area contributed by atoms with E-state index in [1.54, 1.807) is 30.5 Å². The van der Waals surface area contributed by atoms with E-state index in [0.29, 0.717) is 53.3 Å². The van der Waals surface area contributed by atoms with Crippen molar-refractivity contribution in [3.05, 3.63) is 82.8 Å². The first-order valence-electron chi connectivity index (χ1n) is 12.5. The van der Waals surface area contributed by atoms with Crippen LogP contribution in [0.1, 0.15) is 28.7 Å². The fraction of sp³-hybridized carbons (Fsp3) is 0.321. The average Bonchev–Trinajstić information content (AvgIpc) is 2.87. The Balaban J connectivity index is 1.34. The zero-order valence-electron chi connectivity index (χ0n) is 21.2. The van der Waals surface area contributed by atoms with Gasteiger partial charge in [0, 0.05) is 36.7 Å². The van der Waals surface area contributed by atoms with E-state index in [9.17, 15) is 12.8 Å². The normalized spacial score (nSPS) is 18.0. The van der Waals surface area contributed by atoms with Gasteiger partial charge >= 0.3 is 0 Å². The maximum absolute atomic E-state index is 15.0. The van der Waals surface area contributed by atoms with Gasteiger partial charge in [-0.3, -0.25) is 0 Å². The first kappa shape index (κ1) is 26.1. The van der Waals surface area contributed by atoms with Crippen LogP contribution in [0.25, 0.3) is 22.3 Å². The average molecular weight is 538 g/mol. The fourth-order valence-corrected chi connectivity index (χ4v) is 6.14. The van der Waals surface area contributed by atoms with Gasteiger partial charge in [-0.2, -0.15) is 0 Å². The first-order valence-corrected chi connectivity index (χ1v) is 14.3. The van der Waals surface area contributed by atoms with Gasteiger partial charge in [-0.15, -0.1) is 0 Å². The van der Waals surface area contributed by atoms with E-state index in [4.69, 9.17) is 0 Å². The van der Waals surface area contributed by atoms with Gasteiger partial charge in [0.25, 0.3) is 0 Å². The molecule has 7 nitrogen and oxygen atoms in total. The number of aromatic nitrogens is 3. The van der Waals surface area contributed by atoms with Crippen molar-refractivity contribution in [3.63, 3.8) is 0 Å². The number of nitrogens with zero attached hydrogens (tertiary/aromatic N) is 3. The Bertz CT molecular complexity index is 1580. The molecule has 1 saturated heterocycles. The minimum Gasteiger partial charge on any atom is -0.350 e. The van der Waals surface area contributed by atoms with Crippen LogP contribution in [-0.4, -0.2) is 48.7 Å². The largest absolute Gasteiger partial charge is 0.350 e. The summed E-state index contributed by atoms with van der Waals surface area (Å²) in [5.41, 5.74) is 4.90. The van der Waals surface area contributed by atoms with E-state index in [-0.39, 0.29) is 23.1 Å². The Morgan fingerprint density at radius 1 is 1.03 bits per heavy atom. The van der Waals surface area contributed by atoms with Crippen LogP contribution in [0.4, 0.5) is 14.7 Å². The lowest BCUT2D eigenvalue weighted by atomic mass is 10.1. The Hall–Kier alpha value is -3.50. The Labute approximate surface area is 220 Å². The number of alkyl halides is 1. The molecule has 1 fully saturated rings. The monoisotopic (exact) mass is 537 g/mol. The van der Waals surface area contributed by atoms with Gasteiger partial charge in [0.2, 0.25) is 5.95 Å². The molecule has 1 aliphatic rings. The molecule has 3 heterocycles. The second kappa shape index (κ2) is 10.7. The number of fused-ring (bicyclic) bond motifs is 1. The van der Waals surface area contributed by atoms with Gasteiger partial charge in [-0.1, -0.05) is 42.0 Å². The third kappa shape index (κ3) is 6.14. The van der Waals surface area contributed by atoms with Crippen molar-refractivity contribution in [2.24, 2.45) is 0 Å². The van der Waals surface area contributed by atoms with Crippen molar-refractivity contribution in [3.8, 4) is 11.3 Å². The summed E-state index contributed by atoms with van der Waals surface area (Å²) in [6.07, 6.45) is 1.07. The quantitative estimate of drug-likeness (QED) is 0.354. The molecule has 2 N–H and O–H groups in total. The first-order chi connectivity index (χ1) is 18.1. The molecule has 0 aliphatic carbocycles. The highest BCUT2D eigenvalue weighted by molar-refractivity contribution is 7.89. The molecular formula is C28H29F2N5O2S. The number of aryl methyl sites for hydroxylation is 2. The molecule has 2 atom stereocenters. The molecule has 0 spiro atoms. The third-order valence-corrected chi connectivity index (χ3v) is 8.12. The van der Waals surface area contributed by atoms with Gasteiger partial charge in [0.15, 0.2) is 9.84 Å². The zero-order chi connectivity index (χ0) is 26.9. The Kier molecular flexibility index (Phi) is 7.36. The molecule has 0 amide bonds. The zero-order valence-corrected chi connectivity index (χ0v) is 22.0. The summed E-state index contributed by atoms with van der Waals surface area (Å²) >= 11 is 0. The highest BCUT2D eigenvalue weighted by Crippen LogP contribution is 2.26. The van der Waals surface area contributed by atoms with Crippen LogP contribution < -0.4 is 10.6 Å². The summed E-state index contributed by atoms with van der Waals surface area (Å²) in [5.74, 6) is -0.737. The maximum Gasteiger partial charge on any atom is 0.223 e. The second-order valence-electron chi connectivity index (χ2n) is 9.91. The van der Waals surface area contributed by atoms with Gasteiger partial charge in [-0.05, 0) is 37.1 Å². The van der Waals surface area contributed by atoms with E-state index in [2.05, 4.69) is 25.6 Å². The molecule has 0 radical (unpaired) electrons. The smallest absolute Gasteiger partial charge is 0.223 e. The molecule has 0 saturated carbocycles. The highest BCUT2D eigenvalue weighted by Gasteiger charge is 2.22. The van der Waals surface area contributed by atoms with E-state index < -0.39 is 21.8 Å². The van der Waals surface area contributed by atoms with Crippen LogP contribution in [0.5, 0.6) is 0 Å². The van der Waals surface area contributed by atoms with E-state index in [1.807, 2.05) is 26.0 Å². The van der Waals surface area contributed by atoms with E-state index in [1.165, 1.54) is 12.1 Å². The number of benzene rings is 2. The lowest BCUT2D eigenvalue weighted by molar-refractivity contribution is 0.254. The van der Waals surface area contributed by atoms with Crippen molar-refractivity contribution in [1.29, 1.82) is 0 Å². The predicted octanol–water partition coefficient (Wildman–Crippen LogP) is 4.67. The van der Waals surface area contributed by atoms with Crippen LogP contribution in [0.3, 0.4) is 0 Å². The summed E-state index contributed by atoms with van der Waals surface area (Å²) in [7, 11) is -3.56. The van der Waals surface area contributed by atoms with Crippen LogP contribution in [0.2, 0.25) is 0 Å². The Morgan fingerprint density at radius 3 is 2.55 bits per heavy atom. The van der Waals surface area contributed by atoms with Crippen LogP contribution in [0, 0.1) is 19.7 Å². The summed E-state index contributed by atoms with van der Waals surface area (Å²) in [5, 5.41) is 6.22. The van der Waals surface area contributed by atoms with Gasteiger partial charge in [-0.25, -0.2) is 32.2 Å². The molecule has 38 heavy (non-hydrogen) atoms. The summed E-state index contributed by atoms with van der Waals surface area (Å²) in [4.78, 5) is 13.5. The number of nitrogens with one attached hydrogen (secondary N) is 2. The molecule has 1 aliphatic heterocycles. The number of hydrogen-bond donors (Lipinski definition) is 2. The molecule has 2 aromatic heterocycles. The van der Waals surface area contributed by atoms with Crippen molar-refractivity contribution >= 4 is 26.8 Å². The number of halogens is 2. The van der Waals surface area contributed by atoms with Gasteiger partial charge in [0.05, 0.1) is 28.9 Å². The number of anilines is 1. The standard InChI is InChI=1S/C28H29F2N5O2S/c1-17-3-5-19(6-4-17)15-38(36,37)16-21-8-7-20(10-24(21)30)25-9-18(2)27-26(34-25)14-32-28(35-27)33-23-11-22(29)12-31-13-23/h3-10,14,22-23,31H,11-13,15-16H2,1-2H3,(H,32,33,35)/t22-,23-/m0/s1. The number of rotatable bonds is 7. The lowest BCUT2D eigenvalue weighted by Crippen LogP contribution is -2.44. The van der Waals surface area contributed by atoms with Crippen molar-refractivity contribution in [1.82, 2.24) is 20.3 Å². The topological polar surface area (TPSA) is 96.9 Å². The van der Waals surface area contributed by atoms with Gasteiger partial charge < -0.3 is 10.6 Å². The minimum atomic E-state index is -3.56. The number of piperidine rings is 1. The SMILES string of the molecule is Cc1ccc(CS(=O)(=O)Cc2ccc(-c3cc(C)c4nc(N[C@@H]5CNC[C@@H](F)C5)ncc4n3)cc2F)cc1. The van der Waals surface area contributed by atoms with E-state index >= 15 is 4.39 Å². The number of sulfone groups is 1. The Morgan fingerprint density at radius 2 is 1.82 bits per heavy atom. The molecule has 0 unspecified atom stereocenters. The number of hydrogen-bond acceptors (Lipinski definition) is 7. The molecule has 4 aromatic rings. The van der Waals surface area contributed by atoms with E-state index in [0.717, 1.165) is 11.1 Å².